The molecule has 9 heteroatoms. The minimum atomic E-state index is -0.0663. The maximum atomic E-state index is 5.86. The lowest BCUT2D eigenvalue weighted by atomic mass is 10.1. The van der Waals surface area contributed by atoms with Crippen LogP contribution >= 0.6 is 0 Å². The molecule has 198 valence electrons. The van der Waals surface area contributed by atoms with Crippen LogP contribution in [0.1, 0.15) is 30.9 Å². The third-order valence-electron chi connectivity index (χ3n) is 7.83. The average Bonchev–Trinajstić information content (AvgIpc) is 3.43. The molecule has 0 aliphatic carbocycles. The summed E-state index contributed by atoms with van der Waals surface area (Å²) in [6.07, 6.45) is 9.23. The van der Waals surface area contributed by atoms with Gasteiger partial charge in [0, 0.05) is 36.6 Å². The van der Waals surface area contributed by atoms with Crippen LogP contribution in [0.2, 0.25) is 0 Å². The molecule has 0 saturated carbocycles. The Morgan fingerprint density at radius 2 is 1.77 bits per heavy atom. The number of hydrogen-bond acceptors (Lipinski definition) is 7. The number of piperidine rings is 1. The molecule has 2 atom stereocenters. The molecule has 40 heavy (non-hydrogen) atoms. The van der Waals surface area contributed by atoms with E-state index in [1.165, 1.54) is 30.5 Å². The molecular weight excluding hydrogens is 500 g/mol. The molecule has 2 aromatic carbocycles. The van der Waals surface area contributed by atoms with E-state index < -0.39 is 0 Å². The van der Waals surface area contributed by atoms with Crippen molar-refractivity contribution < 1.29 is 4.74 Å². The summed E-state index contributed by atoms with van der Waals surface area (Å²) in [4.78, 5) is 20.1. The average molecular weight is 529 g/mol. The van der Waals surface area contributed by atoms with Gasteiger partial charge in [0.1, 0.15) is 17.3 Å². The fourth-order valence-corrected chi connectivity index (χ4v) is 5.72. The zero-order valence-corrected chi connectivity index (χ0v) is 21.8. The van der Waals surface area contributed by atoms with Crippen LogP contribution in [0, 0.1) is 0 Å². The Balaban J connectivity index is 1.10. The maximum absolute atomic E-state index is 5.86. The van der Waals surface area contributed by atoms with Crippen molar-refractivity contribution in [3.63, 3.8) is 0 Å². The predicted molar refractivity (Wildman–Crippen MR) is 156 cm³/mol. The highest BCUT2D eigenvalue weighted by molar-refractivity contribution is 5.96. The lowest BCUT2D eigenvalue weighted by Gasteiger charge is -2.28. The van der Waals surface area contributed by atoms with Crippen molar-refractivity contribution in [2.45, 2.75) is 31.6 Å². The standard InChI is InChI=1S/C31H28N8O/c1-3-8-19(9-4-1)28-31(40-28)34-22-14-20(16-32-18-22)21-15-23-26(37-38-29(23)33-17-21)30-35-24-10-7-11-25(27(24)36-30)39-12-5-2-6-13-39/h1,3-4,7-11,14-18,28,31,34H,2,5-6,12-13H2,(H,35,36)(H,33,37,38). The van der Waals surface area contributed by atoms with E-state index in [-0.39, 0.29) is 12.3 Å². The zero-order chi connectivity index (χ0) is 26.5. The summed E-state index contributed by atoms with van der Waals surface area (Å²) in [7, 11) is 0. The van der Waals surface area contributed by atoms with Gasteiger partial charge in [-0.05, 0) is 49.1 Å². The summed E-state index contributed by atoms with van der Waals surface area (Å²) in [6.45, 7) is 2.15. The maximum Gasteiger partial charge on any atom is 0.181 e. The summed E-state index contributed by atoms with van der Waals surface area (Å²) in [5.41, 5.74) is 8.64. The van der Waals surface area contributed by atoms with Gasteiger partial charge in [-0.25, -0.2) is 9.97 Å². The van der Waals surface area contributed by atoms with Gasteiger partial charge in [0.05, 0.1) is 28.5 Å². The van der Waals surface area contributed by atoms with Crippen LogP contribution in [-0.4, -0.2) is 49.5 Å². The molecule has 2 aliphatic rings. The highest BCUT2D eigenvalue weighted by atomic mass is 16.6. The Morgan fingerprint density at radius 3 is 2.67 bits per heavy atom. The van der Waals surface area contributed by atoms with Crippen molar-refractivity contribution in [3.05, 3.63) is 84.8 Å². The van der Waals surface area contributed by atoms with Crippen molar-refractivity contribution in [1.29, 1.82) is 0 Å². The van der Waals surface area contributed by atoms with E-state index in [2.05, 4.69) is 77.8 Å². The van der Waals surface area contributed by atoms with Crippen LogP contribution in [0.4, 0.5) is 11.4 Å². The van der Waals surface area contributed by atoms with Gasteiger partial charge in [0.25, 0.3) is 0 Å². The third kappa shape index (κ3) is 4.15. The number of nitrogens with zero attached hydrogens (tertiary/aromatic N) is 5. The van der Waals surface area contributed by atoms with Crippen LogP contribution in [-0.2, 0) is 4.74 Å². The highest BCUT2D eigenvalue weighted by Crippen LogP contribution is 2.39. The molecule has 6 aromatic rings. The summed E-state index contributed by atoms with van der Waals surface area (Å²) in [5.74, 6) is 0.757. The van der Waals surface area contributed by atoms with Crippen LogP contribution in [0.25, 0.3) is 44.7 Å². The van der Waals surface area contributed by atoms with Crippen molar-refractivity contribution >= 4 is 33.4 Å². The molecule has 2 fully saturated rings. The molecule has 8 rings (SSSR count). The van der Waals surface area contributed by atoms with Gasteiger partial charge in [0.15, 0.2) is 17.7 Å². The highest BCUT2D eigenvalue weighted by Gasteiger charge is 2.40. The smallest absolute Gasteiger partial charge is 0.181 e. The number of benzene rings is 2. The first-order chi connectivity index (χ1) is 19.8. The second-order valence-corrected chi connectivity index (χ2v) is 10.5. The molecule has 9 nitrogen and oxygen atoms in total. The number of anilines is 2. The largest absolute Gasteiger partial charge is 0.370 e. The minimum Gasteiger partial charge on any atom is -0.370 e. The van der Waals surface area contributed by atoms with Crippen LogP contribution in [0.15, 0.2) is 79.3 Å². The number of H-pyrrole nitrogens is 2. The number of imidazole rings is 1. The first kappa shape index (κ1) is 23.2. The third-order valence-corrected chi connectivity index (χ3v) is 7.83. The second-order valence-electron chi connectivity index (χ2n) is 10.5. The van der Waals surface area contributed by atoms with E-state index in [1.54, 1.807) is 0 Å². The number of aromatic amines is 2. The van der Waals surface area contributed by atoms with Gasteiger partial charge in [-0.1, -0.05) is 36.4 Å². The molecule has 2 unspecified atom stereocenters. The van der Waals surface area contributed by atoms with Crippen molar-refractivity contribution in [3.8, 4) is 22.6 Å². The monoisotopic (exact) mass is 528 g/mol. The molecule has 6 heterocycles. The number of rotatable bonds is 6. The van der Waals surface area contributed by atoms with Crippen LogP contribution in [0.5, 0.6) is 0 Å². The number of ether oxygens (including phenoxy) is 1. The van der Waals surface area contributed by atoms with Crippen LogP contribution < -0.4 is 10.2 Å². The molecule has 4 aromatic heterocycles. The van der Waals surface area contributed by atoms with Gasteiger partial charge < -0.3 is 19.9 Å². The number of epoxide rings is 1. The van der Waals surface area contributed by atoms with Gasteiger partial charge in [-0.3, -0.25) is 10.1 Å². The molecule has 2 saturated heterocycles. The zero-order valence-electron chi connectivity index (χ0n) is 21.8. The molecule has 0 radical (unpaired) electrons. The molecular formula is C31H28N8O. The number of nitrogens with one attached hydrogen (secondary N) is 3. The van der Waals surface area contributed by atoms with Crippen molar-refractivity contribution in [1.82, 2.24) is 30.1 Å². The van der Waals surface area contributed by atoms with Gasteiger partial charge in [0.2, 0.25) is 0 Å². The molecule has 0 spiro atoms. The molecule has 0 bridgehead atoms. The fraction of sp³-hybridized carbons (Fsp3) is 0.226. The number of para-hydroxylation sites is 1. The minimum absolute atomic E-state index is 0.0515. The number of fused-ring (bicyclic) bond motifs is 2. The number of aromatic nitrogens is 6. The SMILES string of the molecule is c1ccc(C2OC2Nc2cncc(-c3cnc4n[nH]c(-c5nc6c(N7CCCCC7)cccc6[nH]5)c4c3)c2)cc1. The van der Waals surface area contributed by atoms with E-state index in [0.29, 0.717) is 5.65 Å². The number of hydrogen-bond donors (Lipinski definition) is 3. The first-order valence-electron chi connectivity index (χ1n) is 13.8. The molecule has 0 amide bonds. The molecule has 2 aliphatic heterocycles. The van der Waals surface area contributed by atoms with E-state index >= 15 is 0 Å². The quantitative estimate of drug-likeness (QED) is 0.225. The Hall–Kier alpha value is -4.76. The Kier molecular flexibility index (Phi) is 5.48. The molecule has 3 N–H and O–H groups in total. The topological polar surface area (TPSA) is 111 Å². The first-order valence-corrected chi connectivity index (χ1v) is 13.8. The van der Waals surface area contributed by atoms with Gasteiger partial charge in [-0.2, -0.15) is 5.10 Å². The van der Waals surface area contributed by atoms with E-state index in [4.69, 9.17) is 9.72 Å². The summed E-state index contributed by atoms with van der Waals surface area (Å²) >= 11 is 0. The Bertz CT molecular complexity index is 1820. The summed E-state index contributed by atoms with van der Waals surface area (Å²) in [5, 5.41) is 12.0. The van der Waals surface area contributed by atoms with E-state index in [1.807, 2.05) is 36.8 Å². The van der Waals surface area contributed by atoms with E-state index in [9.17, 15) is 0 Å². The Morgan fingerprint density at radius 1 is 0.900 bits per heavy atom. The fourth-order valence-electron chi connectivity index (χ4n) is 5.72. The predicted octanol–water partition coefficient (Wildman–Crippen LogP) is 6.06. The van der Waals surface area contributed by atoms with E-state index in [0.717, 1.165) is 57.8 Å². The van der Waals surface area contributed by atoms with Crippen molar-refractivity contribution in [2.24, 2.45) is 0 Å². The van der Waals surface area contributed by atoms with Crippen LogP contribution in [0.3, 0.4) is 0 Å². The lowest BCUT2D eigenvalue weighted by molar-refractivity contribution is 0.386. The summed E-state index contributed by atoms with van der Waals surface area (Å²) < 4.78 is 5.86. The van der Waals surface area contributed by atoms with Gasteiger partial charge in [-0.15, -0.1) is 0 Å². The lowest BCUT2D eigenvalue weighted by Crippen LogP contribution is -2.29. The van der Waals surface area contributed by atoms with Crippen molar-refractivity contribution in [2.75, 3.05) is 23.3 Å². The second kappa shape index (κ2) is 9.46. The van der Waals surface area contributed by atoms with Gasteiger partial charge >= 0.3 is 0 Å². The Labute approximate surface area is 230 Å². The number of pyridine rings is 2. The normalized spacial score (nSPS) is 18.9. The summed E-state index contributed by atoms with van der Waals surface area (Å²) in [6, 6.07) is 20.8.